The summed E-state index contributed by atoms with van der Waals surface area (Å²) in [7, 11) is -1.18. The molecular formula is C14H16ClN5O2S. The number of halogens is 1. The van der Waals surface area contributed by atoms with Crippen LogP contribution >= 0.6 is 11.6 Å². The smallest absolute Gasteiger partial charge is 0.247 e. The molecule has 23 heavy (non-hydrogen) atoms. The van der Waals surface area contributed by atoms with Crippen molar-refractivity contribution in [3.8, 4) is 0 Å². The molecule has 0 amide bonds. The number of nitrogens with zero attached hydrogens (tertiary/aromatic N) is 4. The second-order valence-corrected chi connectivity index (χ2v) is 8.05. The zero-order valence-corrected chi connectivity index (χ0v) is 14.0. The molecule has 0 spiro atoms. The quantitative estimate of drug-likeness (QED) is 0.897. The first-order valence-corrected chi connectivity index (χ1v) is 9.29. The highest BCUT2D eigenvalue weighted by Gasteiger charge is 2.31. The molecule has 2 aromatic rings. The standard InChI is InChI=1S/C14H16ClN5O2S/c1-20(10-6-7-23(21,22)9-10)14-18-13(8-16-19-14)17-12-5-3-2-4-11(12)15/h2-5,8,10H,6-7,9H2,1H3,(H,17,18,19). The van der Waals surface area contributed by atoms with Crippen LogP contribution in [0.4, 0.5) is 17.5 Å². The molecule has 1 N–H and O–H groups in total. The Morgan fingerprint density at radius 1 is 1.35 bits per heavy atom. The van der Waals surface area contributed by atoms with E-state index in [4.69, 9.17) is 11.6 Å². The number of sulfone groups is 1. The van der Waals surface area contributed by atoms with Crippen molar-refractivity contribution in [2.24, 2.45) is 0 Å². The number of anilines is 3. The molecule has 1 aliphatic rings. The summed E-state index contributed by atoms with van der Waals surface area (Å²) in [6.07, 6.45) is 2.07. The van der Waals surface area contributed by atoms with Gasteiger partial charge >= 0.3 is 0 Å². The van der Waals surface area contributed by atoms with Crippen molar-refractivity contribution in [3.05, 3.63) is 35.5 Å². The molecule has 9 heteroatoms. The van der Waals surface area contributed by atoms with Gasteiger partial charge in [0.15, 0.2) is 15.7 Å². The molecule has 122 valence electrons. The fourth-order valence-electron chi connectivity index (χ4n) is 2.45. The van der Waals surface area contributed by atoms with Gasteiger partial charge in [0.1, 0.15) is 0 Å². The van der Waals surface area contributed by atoms with Crippen molar-refractivity contribution in [2.45, 2.75) is 12.5 Å². The minimum atomic E-state index is -2.96. The summed E-state index contributed by atoms with van der Waals surface area (Å²) in [6.45, 7) is 0. The molecular weight excluding hydrogens is 338 g/mol. The van der Waals surface area contributed by atoms with Crippen LogP contribution in [-0.2, 0) is 9.84 Å². The largest absolute Gasteiger partial charge is 0.338 e. The van der Waals surface area contributed by atoms with Gasteiger partial charge in [-0.1, -0.05) is 23.7 Å². The zero-order valence-electron chi connectivity index (χ0n) is 12.5. The van der Waals surface area contributed by atoms with Crippen LogP contribution < -0.4 is 10.2 Å². The predicted molar refractivity (Wildman–Crippen MR) is 90.0 cm³/mol. The van der Waals surface area contributed by atoms with Gasteiger partial charge in [0.2, 0.25) is 5.95 Å². The summed E-state index contributed by atoms with van der Waals surface area (Å²) < 4.78 is 23.2. The minimum Gasteiger partial charge on any atom is -0.338 e. The lowest BCUT2D eigenvalue weighted by molar-refractivity contribution is 0.600. The van der Waals surface area contributed by atoms with Gasteiger partial charge in [-0.15, -0.1) is 5.10 Å². The molecule has 7 nitrogen and oxygen atoms in total. The summed E-state index contributed by atoms with van der Waals surface area (Å²) in [6, 6.07) is 7.18. The average Bonchev–Trinajstić information content (AvgIpc) is 2.89. The second kappa shape index (κ2) is 6.29. The van der Waals surface area contributed by atoms with E-state index in [9.17, 15) is 8.42 Å². The van der Waals surface area contributed by atoms with E-state index in [1.165, 1.54) is 6.20 Å². The Morgan fingerprint density at radius 2 is 2.13 bits per heavy atom. The molecule has 2 heterocycles. The number of para-hydroxylation sites is 1. The summed E-state index contributed by atoms with van der Waals surface area (Å²) in [5.74, 6) is 1.20. The van der Waals surface area contributed by atoms with E-state index in [2.05, 4.69) is 20.5 Å². The summed E-state index contributed by atoms with van der Waals surface area (Å²) in [4.78, 5) is 6.15. The van der Waals surface area contributed by atoms with E-state index >= 15 is 0 Å². The third-order valence-corrected chi connectivity index (χ3v) is 5.84. The van der Waals surface area contributed by atoms with E-state index < -0.39 is 9.84 Å². The minimum absolute atomic E-state index is 0.120. The summed E-state index contributed by atoms with van der Waals surface area (Å²) >= 11 is 6.11. The zero-order chi connectivity index (χ0) is 16.4. The molecule has 0 bridgehead atoms. The molecule has 1 aromatic carbocycles. The third-order valence-electron chi connectivity index (χ3n) is 3.76. The van der Waals surface area contributed by atoms with Crippen molar-refractivity contribution >= 4 is 38.9 Å². The lowest BCUT2D eigenvalue weighted by atomic mass is 10.2. The molecule has 1 aromatic heterocycles. The first-order valence-electron chi connectivity index (χ1n) is 7.09. The Balaban J connectivity index is 1.79. The van der Waals surface area contributed by atoms with Gasteiger partial charge in [-0.2, -0.15) is 10.1 Å². The maximum absolute atomic E-state index is 11.6. The molecule has 0 aliphatic carbocycles. The Hall–Kier alpha value is -1.93. The van der Waals surface area contributed by atoms with E-state index in [0.29, 0.717) is 28.9 Å². The van der Waals surface area contributed by atoms with Crippen LogP contribution in [0.3, 0.4) is 0 Å². The van der Waals surface area contributed by atoms with Crippen LogP contribution in [0.15, 0.2) is 30.5 Å². The van der Waals surface area contributed by atoms with Gasteiger partial charge < -0.3 is 10.2 Å². The Labute approximate surface area is 139 Å². The average molecular weight is 354 g/mol. The summed E-state index contributed by atoms with van der Waals surface area (Å²) in [5, 5.41) is 11.6. The second-order valence-electron chi connectivity index (χ2n) is 5.41. The topological polar surface area (TPSA) is 88.1 Å². The third kappa shape index (κ3) is 3.70. The fourth-order valence-corrected chi connectivity index (χ4v) is 4.41. The molecule has 3 rings (SSSR count). The number of nitrogens with one attached hydrogen (secondary N) is 1. The first-order chi connectivity index (χ1) is 10.9. The van der Waals surface area contributed by atoms with Gasteiger partial charge in [0.05, 0.1) is 28.4 Å². The molecule has 1 atom stereocenters. The number of hydrogen-bond donors (Lipinski definition) is 1. The van der Waals surface area contributed by atoms with Crippen LogP contribution in [-0.4, -0.2) is 48.2 Å². The normalized spacial score (nSPS) is 19.5. The SMILES string of the molecule is CN(c1nncc(Nc2ccccc2Cl)n1)C1CCS(=O)(=O)C1. The van der Waals surface area contributed by atoms with Crippen LogP contribution in [0, 0.1) is 0 Å². The van der Waals surface area contributed by atoms with Gasteiger partial charge in [-0.3, -0.25) is 0 Å². The maximum atomic E-state index is 11.6. The highest BCUT2D eigenvalue weighted by Crippen LogP contribution is 2.25. The number of hydrogen-bond acceptors (Lipinski definition) is 7. The van der Waals surface area contributed by atoms with Crippen LogP contribution in [0.1, 0.15) is 6.42 Å². The van der Waals surface area contributed by atoms with Gasteiger partial charge in [0, 0.05) is 13.1 Å². The van der Waals surface area contributed by atoms with E-state index in [-0.39, 0.29) is 17.5 Å². The van der Waals surface area contributed by atoms with Gasteiger partial charge in [-0.25, -0.2) is 8.42 Å². The van der Waals surface area contributed by atoms with E-state index in [0.717, 1.165) is 0 Å². The molecule has 1 unspecified atom stereocenters. The highest BCUT2D eigenvalue weighted by atomic mass is 35.5. The van der Waals surface area contributed by atoms with Crippen molar-refractivity contribution < 1.29 is 8.42 Å². The molecule has 1 fully saturated rings. The van der Waals surface area contributed by atoms with Crippen LogP contribution in [0.25, 0.3) is 0 Å². The Bertz CT molecular complexity index is 814. The fraction of sp³-hybridized carbons (Fsp3) is 0.357. The predicted octanol–water partition coefficient (Wildman–Crippen LogP) is 1.89. The molecule has 0 saturated carbocycles. The van der Waals surface area contributed by atoms with Gasteiger partial charge in [-0.05, 0) is 18.6 Å². The summed E-state index contributed by atoms with van der Waals surface area (Å²) in [5.41, 5.74) is 0.715. The molecule has 1 saturated heterocycles. The van der Waals surface area contributed by atoms with Crippen molar-refractivity contribution in [2.75, 3.05) is 28.8 Å². The van der Waals surface area contributed by atoms with Crippen molar-refractivity contribution in [1.29, 1.82) is 0 Å². The monoisotopic (exact) mass is 353 g/mol. The van der Waals surface area contributed by atoms with Crippen LogP contribution in [0.2, 0.25) is 5.02 Å². The maximum Gasteiger partial charge on any atom is 0.247 e. The Morgan fingerprint density at radius 3 is 2.83 bits per heavy atom. The van der Waals surface area contributed by atoms with Crippen molar-refractivity contribution in [3.63, 3.8) is 0 Å². The Kier molecular flexibility index (Phi) is 4.36. The number of benzene rings is 1. The van der Waals surface area contributed by atoms with E-state index in [1.807, 2.05) is 18.2 Å². The van der Waals surface area contributed by atoms with Crippen molar-refractivity contribution in [1.82, 2.24) is 15.2 Å². The van der Waals surface area contributed by atoms with E-state index in [1.54, 1.807) is 18.0 Å². The lowest BCUT2D eigenvalue weighted by Crippen LogP contribution is -2.34. The molecule has 0 radical (unpaired) electrons. The number of rotatable bonds is 4. The number of aromatic nitrogens is 3. The van der Waals surface area contributed by atoms with Crippen LogP contribution in [0.5, 0.6) is 0 Å². The molecule has 1 aliphatic heterocycles. The highest BCUT2D eigenvalue weighted by molar-refractivity contribution is 7.91. The van der Waals surface area contributed by atoms with Gasteiger partial charge in [0.25, 0.3) is 0 Å². The first kappa shape index (κ1) is 15.9. The lowest BCUT2D eigenvalue weighted by Gasteiger charge is -2.23.